The van der Waals surface area contributed by atoms with Gasteiger partial charge >= 0.3 is 5.97 Å². The molecule has 0 unspecified atom stereocenters. The standard InChI is InChI=1S/C16H15ClFNO3S/c17-14-8-13(18)4-3-11(14)9-22-15(20)2-1-6-19-16(21)12-5-7-23-10-12/h3-5,7-8,10H,1-2,6,9H2,(H,19,21). The van der Waals surface area contributed by atoms with Crippen LogP contribution in [0.25, 0.3) is 0 Å². The van der Waals surface area contributed by atoms with Crippen molar-refractivity contribution in [3.05, 3.63) is 57.0 Å². The Morgan fingerprint density at radius 1 is 1.30 bits per heavy atom. The highest BCUT2D eigenvalue weighted by Crippen LogP contribution is 2.18. The predicted octanol–water partition coefficient (Wildman–Crippen LogP) is 3.79. The number of thiophene rings is 1. The number of carbonyl (C=O) groups excluding carboxylic acids is 2. The lowest BCUT2D eigenvalue weighted by molar-refractivity contribution is -0.145. The predicted molar refractivity (Wildman–Crippen MR) is 87.1 cm³/mol. The zero-order valence-electron chi connectivity index (χ0n) is 12.2. The average molecular weight is 356 g/mol. The van der Waals surface area contributed by atoms with Gasteiger partial charge in [-0.25, -0.2) is 4.39 Å². The first-order valence-corrected chi connectivity index (χ1v) is 8.28. The fourth-order valence-corrected chi connectivity index (χ4v) is 2.66. The van der Waals surface area contributed by atoms with E-state index in [2.05, 4.69) is 5.32 Å². The number of hydrogen-bond acceptors (Lipinski definition) is 4. The van der Waals surface area contributed by atoms with Crippen molar-refractivity contribution in [1.29, 1.82) is 0 Å². The minimum atomic E-state index is -0.438. The van der Waals surface area contributed by atoms with Gasteiger partial charge in [-0.1, -0.05) is 17.7 Å². The molecule has 1 aromatic heterocycles. The van der Waals surface area contributed by atoms with Gasteiger partial charge in [-0.2, -0.15) is 11.3 Å². The Morgan fingerprint density at radius 2 is 2.13 bits per heavy atom. The van der Waals surface area contributed by atoms with Crippen LogP contribution in [-0.4, -0.2) is 18.4 Å². The van der Waals surface area contributed by atoms with Gasteiger partial charge in [-0.3, -0.25) is 9.59 Å². The molecule has 0 aliphatic rings. The second-order valence-corrected chi connectivity index (χ2v) is 5.96. The summed E-state index contributed by atoms with van der Waals surface area (Å²) < 4.78 is 18.0. The van der Waals surface area contributed by atoms with E-state index in [0.29, 0.717) is 24.1 Å². The first-order chi connectivity index (χ1) is 11.1. The summed E-state index contributed by atoms with van der Waals surface area (Å²) in [4.78, 5) is 23.3. The SMILES string of the molecule is O=C(CCCNC(=O)c1ccsc1)OCc1ccc(F)cc1Cl. The molecule has 2 aromatic rings. The second-order valence-electron chi connectivity index (χ2n) is 4.77. The lowest BCUT2D eigenvalue weighted by atomic mass is 10.2. The summed E-state index contributed by atoms with van der Waals surface area (Å²) >= 11 is 7.29. The third kappa shape index (κ3) is 5.65. The highest BCUT2D eigenvalue weighted by molar-refractivity contribution is 7.08. The molecule has 4 nitrogen and oxygen atoms in total. The number of hydrogen-bond donors (Lipinski definition) is 1. The van der Waals surface area contributed by atoms with Crippen molar-refractivity contribution in [3.63, 3.8) is 0 Å². The number of amides is 1. The van der Waals surface area contributed by atoms with Crippen LogP contribution < -0.4 is 5.32 Å². The molecule has 0 saturated carbocycles. The Labute approximate surface area is 142 Å². The van der Waals surface area contributed by atoms with Crippen molar-refractivity contribution < 1.29 is 18.7 Å². The van der Waals surface area contributed by atoms with Crippen LogP contribution in [0.4, 0.5) is 4.39 Å². The second kappa shape index (κ2) is 8.64. The molecule has 122 valence electrons. The van der Waals surface area contributed by atoms with E-state index in [1.165, 1.54) is 29.5 Å². The maximum absolute atomic E-state index is 12.9. The van der Waals surface area contributed by atoms with Crippen molar-refractivity contribution in [3.8, 4) is 0 Å². The summed E-state index contributed by atoms with van der Waals surface area (Å²) in [6, 6.07) is 5.65. The molecule has 23 heavy (non-hydrogen) atoms. The monoisotopic (exact) mass is 355 g/mol. The molecule has 0 fully saturated rings. The molecule has 2 rings (SSSR count). The molecule has 0 spiro atoms. The Balaban J connectivity index is 1.64. The van der Waals surface area contributed by atoms with Crippen LogP contribution >= 0.6 is 22.9 Å². The number of rotatable bonds is 7. The fourth-order valence-electron chi connectivity index (χ4n) is 1.80. The van der Waals surface area contributed by atoms with Crippen LogP contribution in [0.5, 0.6) is 0 Å². The number of halogens is 2. The largest absolute Gasteiger partial charge is 0.461 e. The first kappa shape index (κ1) is 17.4. The molecular weight excluding hydrogens is 341 g/mol. The Kier molecular flexibility index (Phi) is 6.55. The highest BCUT2D eigenvalue weighted by atomic mass is 35.5. The molecule has 0 aliphatic carbocycles. The third-order valence-electron chi connectivity index (χ3n) is 3.03. The molecule has 1 amide bonds. The number of benzene rings is 1. The summed E-state index contributed by atoms with van der Waals surface area (Å²) in [7, 11) is 0. The van der Waals surface area contributed by atoms with Gasteiger partial charge in [0, 0.05) is 29.5 Å². The summed E-state index contributed by atoms with van der Waals surface area (Å²) in [5.41, 5.74) is 1.16. The molecule has 0 bridgehead atoms. The summed E-state index contributed by atoms with van der Waals surface area (Å²) in [5, 5.41) is 6.54. The smallest absolute Gasteiger partial charge is 0.306 e. The van der Waals surface area contributed by atoms with E-state index in [1.807, 2.05) is 5.38 Å². The first-order valence-electron chi connectivity index (χ1n) is 6.96. The maximum atomic E-state index is 12.9. The van der Waals surface area contributed by atoms with E-state index in [0.717, 1.165) is 0 Å². The summed E-state index contributed by atoms with van der Waals surface area (Å²) in [6.07, 6.45) is 0.661. The van der Waals surface area contributed by atoms with Gasteiger partial charge < -0.3 is 10.1 Å². The van der Waals surface area contributed by atoms with E-state index in [9.17, 15) is 14.0 Å². The normalized spacial score (nSPS) is 10.3. The van der Waals surface area contributed by atoms with Crippen LogP contribution in [-0.2, 0) is 16.1 Å². The molecule has 0 saturated heterocycles. The van der Waals surface area contributed by atoms with Crippen molar-refractivity contribution >= 4 is 34.8 Å². The van der Waals surface area contributed by atoms with Gasteiger partial charge in [0.1, 0.15) is 12.4 Å². The lowest BCUT2D eigenvalue weighted by Gasteiger charge is -2.07. The molecular formula is C16H15ClFNO3S. The Bertz CT molecular complexity index is 676. The lowest BCUT2D eigenvalue weighted by Crippen LogP contribution is -2.24. The average Bonchev–Trinajstić information content (AvgIpc) is 3.05. The van der Waals surface area contributed by atoms with Gasteiger partial charge in [0.15, 0.2) is 0 Å². The van der Waals surface area contributed by atoms with Crippen LogP contribution in [0.2, 0.25) is 5.02 Å². The fraction of sp³-hybridized carbons (Fsp3) is 0.250. The van der Waals surface area contributed by atoms with E-state index in [-0.39, 0.29) is 24.0 Å². The number of nitrogens with one attached hydrogen (secondary N) is 1. The van der Waals surface area contributed by atoms with Gasteiger partial charge in [0.25, 0.3) is 5.91 Å². The topological polar surface area (TPSA) is 55.4 Å². The van der Waals surface area contributed by atoms with Crippen LogP contribution in [0.1, 0.15) is 28.8 Å². The molecule has 7 heteroatoms. The van der Waals surface area contributed by atoms with Gasteiger partial charge in [-0.15, -0.1) is 0 Å². The van der Waals surface area contributed by atoms with Crippen molar-refractivity contribution in [1.82, 2.24) is 5.32 Å². The summed E-state index contributed by atoms with van der Waals surface area (Å²) in [5.74, 6) is -0.987. The van der Waals surface area contributed by atoms with Gasteiger partial charge in [0.05, 0.1) is 5.02 Å². The van der Waals surface area contributed by atoms with Gasteiger partial charge in [-0.05, 0) is 30.0 Å². The molecule has 1 N–H and O–H groups in total. The van der Waals surface area contributed by atoms with E-state index < -0.39 is 11.8 Å². The highest BCUT2D eigenvalue weighted by Gasteiger charge is 2.08. The third-order valence-corrected chi connectivity index (χ3v) is 4.07. The van der Waals surface area contributed by atoms with Crippen molar-refractivity contribution in [2.75, 3.05) is 6.54 Å². The molecule has 0 atom stereocenters. The van der Waals surface area contributed by atoms with E-state index in [1.54, 1.807) is 11.4 Å². The molecule has 1 heterocycles. The zero-order chi connectivity index (χ0) is 16.7. The molecule has 0 radical (unpaired) electrons. The van der Waals surface area contributed by atoms with E-state index in [4.69, 9.17) is 16.3 Å². The zero-order valence-corrected chi connectivity index (χ0v) is 13.8. The van der Waals surface area contributed by atoms with Crippen LogP contribution in [0.15, 0.2) is 35.0 Å². The Hall–Kier alpha value is -1.92. The van der Waals surface area contributed by atoms with Crippen LogP contribution in [0, 0.1) is 5.82 Å². The molecule has 0 aliphatic heterocycles. The minimum absolute atomic E-state index is 0.000784. The van der Waals surface area contributed by atoms with E-state index >= 15 is 0 Å². The maximum Gasteiger partial charge on any atom is 0.306 e. The molecule has 1 aromatic carbocycles. The number of carbonyl (C=O) groups is 2. The van der Waals surface area contributed by atoms with Gasteiger partial charge in [0.2, 0.25) is 0 Å². The number of ether oxygens (including phenoxy) is 1. The Morgan fingerprint density at radius 3 is 2.83 bits per heavy atom. The number of esters is 1. The van der Waals surface area contributed by atoms with Crippen molar-refractivity contribution in [2.45, 2.75) is 19.4 Å². The van der Waals surface area contributed by atoms with Crippen LogP contribution in [0.3, 0.4) is 0 Å². The van der Waals surface area contributed by atoms with Crippen molar-refractivity contribution in [2.24, 2.45) is 0 Å². The summed E-state index contributed by atoms with van der Waals surface area (Å²) in [6.45, 7) is 0.389. The quantitative estimate of drug-likeness (QED) is 0.607. The minimum Gasteiger partial charge on any atom is -0.461 e.